The topological polar surface area (TPSA) is 80.9 Å². The SMILES string of the molecule is CC(N)(C(=O)Nc1cncnc1)C(F)(F)F. The Morgan fingerprint density at radius 3 is 2.31 bits per heavy atom. The second-order valence-electron chi connectivity index (χ2n) is 3.28. The van der Waals surface area contributed by atoms with Gasteiger partial charge in [0.05, 0.1) is 18.1 Å². The van der Waals surface area contributed by atoms with E-state index in [4.69, 9.17) is 5.73 Å². The lowest BCUT2D eigenvalue weighted by molar-refractivity contribution is -0.184. The van der Waals surface area contributed by atoms with Crippen molar-refractivity contribution in [3.05, 3.63) is 18.7 Å². The van der Waals surface area contributed by atoms with Crippen LogP contribution in [0.1, 0.15) is 6.92 Å². The van der Waals surface area contributed by atoms with Crippen molar-refractivity contribution in [2.45, 2.75) is 18.6 Å². The fourth-order valence-electron chi connectivity index (χ4n) is 0.753. The van der Waals surface area contributed by atoms with Crippen molar-refractivity contribution in [2.75, 3.05) is 5.32 Å². The van der Waals surface area contributed by atoms with Gasteiger partial charge in [-0.15, -0.1) is 0 Å². The molecule has 0 saturated carbocycles. The van der Waals surface area contributed by atoms with Gasteiger partial charge in [-0.05, 0) is 6.92 Å². The molecule has 0 spiro atoms. The van der Waals surface area contributed by atoms with E-state index < -0.39 is 17.6 Å². The molecule has 1 aromatic heterocycles. The highest BCUT2D eigenvalue weighted by Gasteiger charge is 2.53. The molecule has 0 fully saturated rings. The Morgan fingerprint density at radius 1 is 1.38 bits per heavy atom. The summed E-state index contributed by atoms with van der Waals surface area (Å²) in [5.74, 6) is -1.37. The van der Waals surface area contributed by atoms with E-state index in [1.165, 1.54) is 6.33 Å². The van der Waals surface area contributed by atoms with Gasteiger partial charge in [0, 0.05) is 0 Å². The first-order valence-corrected chi connectivity index (χ1v) is 4.17. The predicted molar refractivity (Wildman–Crippen MR) is 49.3 cm³/mol. The van der Waals surface area contributed by atoms with Gasteiger partial charge >= 0.3 is 6.18 Å². The molecule has 1 aromatic rings. The van der Waals surface area contributed by atoms with Crippen molar-refractivity contribution >= 4 is 11.6 Å². The summed E-state index contributed by atoms with van der Waals surface area (Å²) in [5, 5.41) is 1.98. The van der Waals surface area contributed by atoms with Crippen LogP contribution in [0.5, 0.6) is 0 Å². The fourth-order valence-corrected chi connectivity index (χ4v) is 0.753. The lowest BCUT2D eigenvalue weighted by Crippen LogP contribution is -2.59. The third kappa shape index (κ3) is 2.45. The van der Waals surface area contributed by atoms with Gasteiger partial charge in [-0.3, -0.25) is 4.79 Å². The summed E-state index contributed by atoms with van der Waals surface area (Å²) in [6, 6.07) is 0. The van der Waals surface area contributed by atoms with Crippen molar-refractivity contribution in [2.24, 2.45) is 5.73 Å². The van der Waals surface area contributed by atoms with Gasteiger partial charge in [-0.25, -0.2) is 9.97 Å². The second-order valence-corrected chi connectivity index (χ2v) is 3.28. The highest BCUT2D eigenvalue weighted by atomic mass is 19.4. The molecule has 16 heavy (non-hydrogen) atoms. The number of nitrogens with two attached hydrogens (primary N) is 1. The molecule has 0 aliphatic rings. The van der Waals surface area contributed by atoms with Crippen LogP contribution in [0, 0.1) is 0 Å². The van der Waals surface area contributed by atoms with Crippen LogP contribution >= 0.6 is 0 Å². The molecule has 0 aromatic carbocycles. The molecule has 1 heterocycles. The Kier molecular flexibility index (Phi) is 3.13. The molecule has 8 heteroatoms. The van der Waals surface area contributed by atoms with Gasteiger partial charge in [-0.2, -0.15) is 13.2 Å². The maximum absolute atomic E-state index is 12.4. The maximum Gasteiger partial charge on any atom is 0.415 e. The number of amides is 1. The minimum absolute atomic E-state index is 0.0495. The van der Waals surface area contributed by atoms with Crippen molar-refractivity contribution in [3.8, 4) is 0 Å². The van der Waals surface area contributed by atoms with E-state index in [1.54, 1.807) is 0 Å². The highest BCUT2D eigenvalue weighted by Crippen LogP contribution is 2.28. The smallest absolute Gasteiger partial charge is 0.322 e. The first-order chi connectivity index (χ1) is 7.25. The van der Waals surface area contributed by atoms with Gasteiger partial charge in [-0.1, -0.05) is 0 Å². The molecule has 0 saturated heterocycles. The van der Waals surface area contributed by atoms with Crippen molar-refractivity contribution in [3.63, 3.8) is 0 Å². The number of nitrogens with one attached hydrogen (secondary N) is 1. The fraction of sp³-hybridized carbons (Fsp3) is 0.375. The van der Waals surface area contributed by atoms with Gasteiger partial charge in [0.15, 0.2) is 5.54 Å². The summed E-state index contributed by atoms with van der Waals surface area (Å²) in [4.78, 5) is 18.3. The molecular formula is C8H9F3N4O. The number of carbonyl (C=O) groups is 1. The van der Waals surface area contributed by atoms with E-state index in [-0.39, 0.29) is 5.69 Å². The molecule has 0 aliphatic heterocycles. The zero-order valence-electron chi connectivity index (χ0n) is 8.25. The first kappa shape index (κ1) is 12.4. The molecule has 1 atom stereocenters. The van der Waals surface area contributed by atoms with Crippen molar-refractivity contribution in [1.82, 2.24) is 9.97 Å². The number of halogens is 3. The predicted octanol–water partition coefficient (Wildman–Crippen LogP) is 0.695. The van der Waals surface area contributed by atoms with Crippen LogP contribution < -0.4 is 11.1 Å². The second kappa shape index (κ2) is 4.05. The Labute approximate surface area is 88.9 Å². The van der Waals surface area contributed by atoms with Crippen LogP contribution in [0.3, 0.4) is 0 Å². The molecule has 1 unspecified atom stereocenters. The van der Waals surface area contributed by atoms with E-state index in [1.807, 2.05) is 5.32 Å². The minimum atomic E-state index is -4.83. The molecule has 1 amide bonds. The van der Waals surface area contributed by atoms with Crippen LogP contribution in [0.25, 0.3) is 0 Å². The standard InChI is InChI=1S/C8H9F3N4O/c1-7(12,8(9,10)11)6(16)15-5-2-13-4-14-3-5/h2-4H,12H2,1H3,(H,15,16). The Balaban J connectivity index is 2.81. The Morgan fingerprint density at radius 2 is 1.88 bits per heavy atom. The summed E-state index contributed by atoms with van der Waals surface area (Å²) in [5.41, 5.74) is 2.00. The number of anilines is 1. The van der Waals surface area contributed by atoms with Crippen LogP contribution in [0.15, 0.2) is 18.7 Å². The largest absolute Gasteiger partial charge is 0.415 e. The van der Waals surface area contributed by atoms with E-state index in [0.717, 1.165) is 12.4 Å². The van der Waals surface area contributed by atoms with Gasteiger partial charge in [0.25, 0.3) is 5.91 Å². The summed E-state index contributed by atoms with van der Waals surface area (Å²) in [6.45, 7) is 0.589. The average Bonchev–Trinajstić information content (AvgIpc) is 2.17. The van der Waals surface area contributed by atoms with Gasteiger partial charge < -0.3 is 11.1 Å². The molecular weight excluding hydrogens is 225 g/mol. The molecule has 5 nitrogen and oxygen atoms in total. The number of rotatable bonds is 2. The summed E-state index contributed by atoms with van der Waals surface area (Å²) in [7, 11) is 0. The summed E-state index contributed by atoms with van der Waals surface area (Å²) >= 11 is 0. The van der Waals surface area contributed by atoms with Crippen LogP contribution in [0.4, 0.5) is 18.9 Å². The number of alkyl halides is 3. The quantitative estimate of drug-likeness (QED) is 0.789. The lowest BCUT2D eigenvalue weighted by atomic mass is 10.0. The molecule has 88 valence electrons. The monoisotopic (exact) mass is 234 g/mol. The van der Waals surface area contributed by atoms with Gasteiger partial charge in [0.2, 0.25) is 0 Å². The van der Waals surface area contributed by atoms with Crippen LogP contribution in [0.2, 0.25) is 0 Å². The number of hydrogen-bond acceptors (Lipinski definition) is 4. The number of hydrogen-bond donors (Lipinski definition) is 2. The third-order valence-electron chi connectivity index (χ3n) is 1.88. The Hall–Kier alpha value is -1.70. The zero-order valence-corrected chi connectivity index (χ0v) is 8.25. The number of carbonyl (C=O) groups excluding carboxylic acids is 1. The minimum Gasteiger partial charge on any atom is -0.322 e. The van der Waals surface area contributed by atoms with Crippen LogP contribution in [-0.4, -0.2) is 27.6 Å². The first-order valence-electron chi connectivity index (χ1n) is 4.17. The van der Waals surface area contributed by atoms with Crippen LogP contribution in [-0.2, 0) is 4.79 Å². The molecule has 0 bridgehead atoms. The van der Waals surface area contributed by atoms with E-state index >= 15 is 0 Å². The number of nitrogens with zero attached hydrogens (tertiary/aromatic N) is 2. The maximum atomic E-state index is 12.4. The number of aromatic nitrogens is 2. The zero-order chi connectivity index (χ0) is 12.4. The van der Waals surface area contributed by atoms with E-state index in [9.17, 15) is 18.0 Å². The third-order valence-corrected chi connectivity index (χ3v) is 1.88. The lowest BCUT2D eigenvalue weighted by Gasteiger charge is -2.25. The van der Waals surface area contributed by atoms with Crippen molar-refractivity contribution in [1.29, 1.82) is 0 Å². The highest BCUT2D eigenvalue weighted by molar-refractivity contribution is 5.98. The molecule has 0 radical (unpaired) electrons. The Bertz CT molecular complexity index is 377. The van der Waals surface area contributed by atoms with E-state index in [2.05, 4.69) is 9.97 Å². The normalized spacial score (nSPS) is 15.3. The summed E-state index contributed by atoms with van der Waals surface area (Å²) < 4.78 is 37.1. The van der Waals surface area contributed by atoms with Crippen molar-refractivity contribution < 1.29 is 18.0 Å². The average molecular weight is 234 g/mol. The molecule has 1 rings (SSSR count). The molecule has 3 N–H and O–H groups in total. The van der Waals surface area contributed by atoms with Gasteiger partial charge in [0.1, 0.15) is 6.33 Å². The molecule has 0 aliphatic carbocycles. The summed E-state index contributed by atoms with van der Waals surface area (Å²) in [6.07, 6.45) is -1.32. The van der Waals surface area contributed by atoms with E-state index in [0.29, 0.717) is 6.92 Å².